The number of hydrogen-bond acceptors (Lipinski definition) is 2. The number of nitrogens with zero attached hydrogens (tertiary/aromatic N) is 1. The largest absolute Gasteiger partial charge is 0.407 e. The molecule has 0 aliphatic carbocycles. The van der Waals surface area contributed by atoms with Gasteiger partial charge in [0.05, 0.1) is 0 Å². The van der Waals surface area contributed by atoms with Crippen LogP contribution in [0.15, 0.2) is 97.6 Å². The van der Waals surface area contributed by atoms with Gasteiger partial charge in [-0.15, -0.1) is 6.58 Å². The molecule has 1 atom stereocenters. The Morgan fingerprint density at radius 3 is 2.06 bits per heavy atom. The van der Waals surface area contributed by atoms with E-state index in [9.17, 15) is 4.79 Å². The average molecular weight is 498 g/mol. The molecule has 0 fully saturated rings. The van der Waals surface area contributed by atoms with Crippen molar-refractivity contribution in [1.29, 1.82) is 0 Å². The Morgan fingerprint density at radius 2 is 1.50 bits per heavy atom. The minimum atomic E-state index is -2.61. The molecule has 1 heterocycles. The number of benzene rings is 3. The van der Waals surface area contributed by atoms with E-state index in [1.165, 1.54) is 21.5 Å². The molecule has 1 amide bonds. The first-order chi connectivity index (χ1) is 17.4. The second-order valence-electron chi connectivity index (χ2n) is 10.8. The smallest absolute Gasteiger partial charge is 0.261 e. The highest BCUT2D eigenvalue weighted by molar-refractivity contribution is 6.99. The summed E-state index contributed by atoms with van der Waals surface area (Å²) >= 11 is 0. The van der Waals surface area contributed by atoms with Crippen LogP contribution in [-0.2, 0) is 22.2 Å². The van der Waals surface area contributed by atoms with Crippen molar-refractivity contribution in [3.63, 3.8) is 0 Å². The zero-order chi connectivity index (χ0) is 25.6. The Balaban J connectivity index is 1.56. The van der Waals surface area contributed by atoms with E-state index in [-0.39, 0.29) is 16.9 Å². The van der Waals surface area contributed by atoms with Gasteiger partial charge in [-0.3, -0.25) is 4.79 Å². The Bertz CT molecular complexity index is 1110. The maximum absolute atomic E-state index is 13.6. The van der Waals surface area contributed by atoms with Crippen molar-refractivity contribution in [2.24, 2.45) is 5.92 Å². The zero-order valence-corrected chi connectivity index (χ0v) is 23.0. The van der Waals surface area contributed by atoms with E-state index in [1.54, 1.807) is 0 Å². The highest BCUT2D eigenvalue weighted by Gasteiger charge is 2.50. The van der Waals surface area contributed by atoms with Gasteiger partial charge in [-0.25, -0.2) is 0 Å². The number of amides is 1. The lowest BCUT2D eigenvalue weighted by molar-refractivity contribution is -0.136. The lowest BCUT2D eigenvalue weighted by Crippen LogP contribution is -2.66. The molecule has 0 radical (unpaired) electrons. The minimum Gasteiger partial charge on any atom is -0.407 e. The molecule has 1 aliphatic rings. The summed E-state index contributed by atoms with van der Waals surface area (Å²) in [7, 11) is -2.61. The van der Waals surface area contributed by atoms with Crippen LogP contribution in [0.5, 0.6) is 0 Å². The molecule has 36 heavy (non-hydrogen) atoms. The van der Waals surface area contributed by atoms with Crippen molar-refractivity contribution in [3.8, 4) is 0 Å². The number of carbonyl (C=O) groups excluding carboxylic acids is 1. The standard InChI is InChI=1S/C32H39NO2Si/c1-5-14-27(31(34)33-23-21-26-15-12-13-16-28(26)25-33)22-24-35-36(32(2,3)4,29-17-8-6-9-18-29)30-19-10-7-11-20-30/h5-13,15-20,27H,1,14,21-25H2,2-4H3. The molecule has 188 valence electrons. The Labute approximate surface area is 217 Å². The lowest BCUT2D eigenvalue weighted by atomic mass is 9.96. The van der Waals surface area contributed by atoms with E-state index < -0.39 is 8.32 Å². The molecule has 0 aromatic heterocycles. The van der Waals surface area contributed by atoms with Crippen LogP contribution in [0.4, 0.5) is 0 Å². The van der Waals surface area contributed by atoms with Crippen LogP contribution < -0.4 is 10.4 Å². The molecule has 1 unspecified atom stereocenters. The third-order valence-corrected chi connectivity index (χ3v) is 12.5. The maximum Gasteiger partial charge on any atom is 0.261 e. The van der Waals surface area contributed by atoms with Crippen molar-refractivity contribution in [3.05, 3.63) is 109 Å². The first-order valence-corrected chi connectivity index (χ1v) is 15.0. The van der Waals surface area contributed by atoms with Crippen LogP contribution in [0.25, 0.3) is 0 Å². The van der Waals surface area contributed by atoms with Crippen LogP contribution in [0.3, 0.4) is 0 Å². The molecular weight excluding hydrogens is 458 g/mol. The van der Waals surface area contributed by atoms with Gasteiger partial charge in [0.15, 0.2) is 0 Å². The molecule has 3 aromatic rings. The van der Waals surface area contributed by atoms with Gasteiger partial charge in [0, 0.05) is 25.6 Å². The predicted octanol–water partition coefficient (Wildman–Crippen LogP) is 5.73. The molecule has 0 saturated heterocycles. The average Bonchev–Trinajstić information content (AvgIpc) is 2.90. The van der Waals surface area contributed by atoms with Crippen molar-refractivity contribution in [2.45, 2.75) is 51.6 Å². The van der Waals surface area contributed by atoms with Crippen molar-refractivity contribution in [1.82, 2.24) is 4.90 Å². The second kappa shape index (κ2) is 11.4. The van der Waals surface area contributed by atoms with Gasteiger partial charge < -0.3 is 9.33 Å². The quantitative estimate of drug-likeness (QED) is 0.279. The normalized spacial score (nSPS) is 14.7. The number of carbonyl (C=O) groups is 1. The third kappa shape index (κ3) is 5.40. The van der Waals surface area contributed by atoms with E-state index in [0.29, 0.717) is 26.0 Å². The van der Waals surface area contributed by atoms with Gasteiger partial charge in [-0.2, -0.15) is 0 Å². The fraction of sp³-hybridized carbons (Fsp3) is 0.344. The maximum atomic E-state index is 13.6. The molecular formula is C32H39NO2Si. The van der Waals surface area contributed by atoms with Gasteiger partial charge in [0.1, 0.15) is 0 Å². The number of hydrogen-bond donors (Lipinski definition) is 0. The van der Waals surface area contributed by atoms with E-state index in [2.05, 4.69) is 112 Å². The zero-order valence-electron chi connectivity index (χ0n) is 22.0. The fourth-order valence-corrected chi connectivity index (χ4v) is 10.2. The summed E-state index contributed by atoms with van der Waals surface area (Å²) in [6.07, 6.45) is 4.15. The van der Waals surface area contributed by atoms with E-state index in [1.807, 2.05) is 11.0 Å². The van der Waals surface area contributed by atoms with E-state index in [4.69, 9.17) is 4.43 Å². The monoisotopic (exact) mass is 497 g/mol. The third-order valence-electron chi connectivity index (χ3n) is 7.44. The number of fused-ring (bicyclic) bond motifs is 1. The summed E-state index contributed by atoms with van der Waals surface area (Å²) in [5.41, 5.74) is 2.62. The lowest BCUT2D eigenvalue weighted by Gasteiger charge is -2.43. The molecule has 1 aliphatic heterocycles. The van der Waals surface area contributed by atoms with Crippen LogP contribution in [0, 0.1) is 5.92 Å². The summed E-state index contributed by atoms with van der Waals surface area (Å²) in [5.74, 6) is 0.0985. The summed E-state index contributed by atoms with van der Waals surface area (Å²) in [6.45, 7) is 12.8. The van der Waals surface area contributed by atoms with Gasteiger partial charge >= 0.3 is 0 Å². The molecule has 0 bridgehead atoms. The first kappa shape index (κ1) is 26.1. The minimum absolute atomic E-state index is 0.0791. The van der Waals surface area contributed by atoms with Crippen molar-refractivity contribution >= 4 is 24.6 Å². The van der Waals surface area contributed by atoms with Gasteiger partial charge in [0.2, 0.25) is 5.91 Å². The van der Waals surface area contributed by atoms with Crippen LogP contribution in [0.1, 0.15) is 44.7 Å². The highest BCUT2D eigenvalue weighted by Crippen LogP contribution is 2.37. The topological polar surface area (TPSA) is 29.5 Å². The molecule has 3 nitrogen and oxygen atoms in total. The second-order valence-corrected chi connectivity index (χ2v) is 15.1. The SMILES string of the molecule is C=CCC(CCO[Si](c1ccccc1)(c1ccccc1)C(C)(C)C)C(=O)N1CCc2ccccc2C1. The summed E-state index contributed by atoms with van der Waals surface area (Å²) in [4.78, 5) is 15.7. The fourth-order valence-electron chi connectivity index (χ4n) is 5.60. The summed E-state index contributed by atoms with van der Waals surface area (Å²) in [5, 5.41) is 2.45. The highest BCUT2D eigenvalue weighted by atomic mass is 28.4. The molecule has 3 aromatic carbocycles. The Hall–Kier alpha value is -2.95. The summed E-state index contributed by atoms with van der Waals surface area (Å²) < 4.78 is 7.07. The Kier molecular flexibility index (Phi) is 8.27. The van der Waals surface area contributed by atoms with Crippen LogP contribution in [-0.4, -0.2) is 32.3 Å². The molecule has 4 heteroatoms. The van der Waals surface area contributed by atoms with Crippen molar-refractivity contribution in [2.75, 3.05) is 13.2 Å². The summed E-state index contributed by atoms with van der Waals surface area (Å²) in [6, 6.07) is 29.8. The Morgan fingerprint density at radius 1 is 0.944 bits per heavy atom. The van der Waals surface area contributed by atoms with Crippen molar-refractivity contribution < 1.29 is 9.22 Å². The van der Waals surface area contributed by atoms with Gasteiger partial charge in [-0.05, 0) is 45.8 Å². The first-order valence-electron chi connectivity index (χ1n) is 13.1. The van der Waals surface area contributed by atoms with Gasteiger partial charge in [-0.1, -0.05) is 112 Å². The number of rotatable bonds is 9. The van der Waals surface area contributed by atoms with Gasteiger partial charge in [0.25, 0.3) is 8.32 Å². The van der Waals surface area contributed by atoms with Crippen LogP contribution >= 0.6 is 0 Å². The molecule has 4 rings (SSSR count). The van der Waals surface area contributed by atoms with E-state index in [0.717, 1.165) is 13.0 Å². The van der Waals surface area contributed by atoms with Crippen LogP contribution in [0.2, 0.25) is 5.04 Å². The number of allylic oxidation sites excluding steroid dienone is 1. The molecule has 0 spiro atoms. The van der Waals surface area contributed by atoms with E-state index >= 15 is 0 Å². The molecule has 0 N–H and O–H groups in total. The molecule has 0 saturated carbocycles. The predicted molar refractivity (Wildman–Crippen MR) is 152 cm³/mol.